The lowest BCUT2D eigenvalue weighted by molar-refractivity contribution is 0.0555. The average molecular weight is 616 g/mol. The first-order valence-corrected chi connectivity index (χ1v) is 14.7. The highest BCUT2D eigenvalue weighted by Crippen LogP contribution is 2.31. The average Bonchev–Trinajstić information content (AvgIpc) is 3.67. The number of anilines is 2. The number of benzene rings is 1. The molecule has 1 aromatic carbocycles. The number of allylic oxidation sites excluding steroid dienone is 1. The van der Waals surface area contributed by atoms with Crippen molar-refractivity contribution in [2.45, 2.75) is 52.7 Å². The second-order valence-corrected chi connectivity index (χ2v) is 12.0. The number of rotatable bonds is 6. The summed E-state index contributed by atoms with van der Waals surface area (Å²) < 4.78 is 35.3. The van der Waals surface area contributed by atoms with Crippen LogP contribution in [0.2, 0.25) is 0 Å². The second kappa shape index (κ2) is 13.3. The number of carbonyl (C=O) groups excluding carboxylic acids is 3. The van der Waals surface area contributed by atoms with Gasteiger partial charge in [-0.05, 0) is 70.6 Å². The Kier molecular flexibility index (Phi) is 9.79. The Morgan fingerprint density at radius 2 is 2.00 bits per heavy atom. The number of thioether (sulfide) groups is 1. The van der Waals surface area contributed by atoms with Crippen molar-refractivity contribution in [2.24, 2.45) is 5.73 Å². The lowest BCUT2D eigenvalue weighted by Crippen LogP contribution is -2.42. The molecule has 0 spiro atoms. The molecule has 1 fully saturated rings. The van der Waals surface area contributed by atoms with Crippen molar-refractivity contribution in [3.05, 3.63) is 65.0 Å². The van der Waals surface area contributed by atoms with Gasteiger partial charge in [0.25, 0.3) is 5.91 Å². The molecular formula is C29H34FN5O7S. The zero-order valence-corrected chi connectivity index (χ0v) is 25.4. The molecule has 14 heteroatoms. The normalized spacial score (nSPS) is 16.6. The Morgan fingerprint density at radius 1 is 1.23 bits per heavy atom. The molecule has 5 rings (SSSR count). The summed E-state index contributed by atoms with van der Waals surface area (Å²) in [6.45, 7) is 8.75. The van der Waals surface area contributed by atoms with Gasteiger partial charge in [0, 0.05) is 17.4 Å². The predicted octanol–water partition coefficient (Wildman–Crippen LogP) is 5.49. The van der Waals surface area contributed by atoms with E-state index in [4.69, 9.17) is 24.3 Å². The number of ether oxygens (including phenoxy) is 2. The summed E-state index contributed by atoms with van der Waals surface area (Å²) in [6.07, 6.45) is 2.29. The maximum Gasteiger partial charge on any atom is 0.416 e. The molecule has 3 amide bonds. The summed E-state index contributed by atoms with van der Waals surface area (Å²) >= 11 is 1.82. The first-order chi connectivity index (χ1) is 20.3. The third kappa shape index (κ3) is 7.95. The Balaban J connectivity index is 0.000000359. The molecule has 2 aliphatic rings. The first-order valence-electron chi connectivity index (χ1n) is 13.5. The smallest absolute Gasteiger partial charge is 0.416 e. The number of aromatic nitrogens is 2. The zero-order chi connectivity index (χ0) is 31.3. The van der Waals surface area contributed by atoms with Gasteiger partial charge in [-0.15, -0.1) is 0 Å². The summed E-state index contributed by atoms with van der Waals surface area (Å²) in [7, 11) is 0. The Labute approximate surface area is 252 Å². The molecule has 230 valence electrons. The molecule has 0 aliphatic carbocycles. The minimum absolute atomic E-state index is 0.00874. The van der Waals surface area contributed by atoms with E-state index >= 15 is 0 Å². The van der Waals surface area contributed by atoms with Crippen LogP contribution in [0.3, 0.4) is 0 Å². The summed E-state index contributed by atoms with van der Waals surface area (Å²) in [6, 6.07) is 6.29. The van der Waals surface area contributed by atoms with E-state index in [1.165, 1.54) is 28.2 Å². The fourth-order valence-corrected chi connectivity index (χ4v) is 5.34. The Bertz CT molecular complexity index is 1480. The number of halogens is 1. The predicted molar refractivity (Wildman–Crippen MR) is 159 cm³/mol. The van der Waals surface area contributed by atoms with Crippen LogP contribution in [-0.2, 0) is 9.47 Å². The highest BCUT2D eigenvalue weighted by Gasteiger charge is 2.37. The standard InChI is InChI=1S/C23H26FN3O5S.C6H8N2O2/c1-23(2,3)32-22(29)27(20-6-9-30-25-20)14-17-13-26(21(28)31-17)16-4-5-18(19(24)12-16)15-7-10-33-11-8-15;1-3-5(6(7)9)4(2)10-8-3/h4-7,9,12,17H,8,10-11,13-14H2,1-3H3;1-2H3,(H2,7,9). The summed E-state index contributed by atoms with van der Waals surface area (Å²) in [4.78, 5) is 38.5. The van der Waals surface area contributed by atoms with Gasteiger partial charge in [-0.2, -0.15) is 11.8 Å². The maximum atomic E-state index is 14.9. The number of nitrogens with zero attached hydrogens (tertiary/aromatic N) is 4. The number of hydrogen-bond donors (Lipinski definition) is 1. The Morgan fingerprint density at radius 3 is 2.53 bits per heavy atom. The van der Waals surface area contributed by atoms with Gasteiger partial charge < -0.3 is 24.3 Å². The van der Waals surface area contributed by atoms with Gasteiger partial charge in [0.15, 0.2) is 5.82 Å². The molecule has 0 bridgehead atoms. The zero-order valence-electron chi connectivity index (χ0n) is 24.6. The Hall–Kier alpha value is -4.33. The van der Waals surface area contributed by atoms with Gasteiger partial charge >= 0.3 is 12.2 Å². The van der Waals surface area contributed by atoms with Gasteiger partial charge in [-0.1, -0.05) is 16.4 Å². The van der Waals surface area contributed by atoms with Crippen molar-refractivity contribution < 1.29 is 37.3 Å². The van der Waals surface area contributed by atoms with E-state index in [0.29, 0.717) is 28.3 Å². The fraction of sp³-hybridized carbons (Fsp3) is 0.414. The van der Waals surface area contributed by atoms with E-state index in [2.05, 4.69) is 10.3 Å². The van der Waals surface area contributed by atoms with Crippen molar-refractivity contribution in [3.8, 4) is 0 Å². The van der Waals surface area contributed by atoms with Gasteiger partial charge in [0.05, 0.1) is 24.5 Å². The van der Waals surface area contributed by atoms with Crippen molar-refractivity contribution in [2.75, 3.05) is 34.4 Å². The van der Waals surface area contributed by atoms with Crippen LogP contribution in [-0.4, -0.2) is 64.7 Å². The third-order valence-electron chi connectivity index (χ3n) is 6.43. The van der Waals surface area contributed by atoms with Crippen molar-refractivity contribution in [3.63, 3.8) is 0 Å². The number of hydrogen-bond acceptors (Lipinski definition) is 10. The largest absolute Gasteiger partial charge is 0.443 e. The maximum absolute atomic E-state index is 14.9. The molecule has 1 atom stereocenters. The number of amides is 3. The van der Waals surface area contributed by atoms with Crippen LogP contribution in [0.15, 0.2) is 45.7 Å². The van der Waals surface area contributed by atoms with Crippen molar-refractivity contribution in [1.82, 2.24) is 10.3 Å². The van der Waals surface area contributed by atoms with Gasteiger partial charge in [0.2, 0.25) is 0 Å². The highest BCUT2D eigenvalue weighted by molar-refractivity contribution is 7.99. The van der Waals surface area contributed by atoms with Gasteiger partial charge in [-0.3, -0.25) is 14.6 Å². The van der Waals surface area contributed by atoms with E-state index in [0.717, 1.165) is 23.5 Å². The van der Waals surface area contributed by atoms with E-state index < -0.39 is 29.8 Å². The molecule has 2 N–H and O–H groups in total. The first kappa shape index (κ1) is 31.6. The summed E-state index contributed by atoms with van der Waals surface area (Å²) in [5.41, 5.74) is 7.19. The van der Waals surface area contributed by atoms with E-state index in [9.17, 15) is 18.8 Å². The SMILES string of the molecule is CC(C)(C)OC(=O)N(CC1CN(c2ccc(C3=CCSCC3)c(F)c2)C(=O)O1)c1ccon1.Cc1noc(C)c1C(N)=O. The molecular weight excluding hydrogens is 581 g/mol. The molecule has 0 radical (unpaired) electrons. The van der Waals surface area contributed by atoms with Crippen LogP contribution < -0.4 is 15.5 Å². The topological polar surface area (TPSA) is 154 Å². The van der Waals surface area contributed by atoms with Crippen LogP contribution in [0.1, 0.15) is 54.6 Å². The van der Waals surface area contributed by atoms with Crippen LogP contribution in [0.4, 0.5) is 25.5 Å². The van der Waals surface area contributed by atoms with Crippen LogP contribution in [0.25, 0.3) is 5.57 Å². The minimum Gasteiger partial charge on any atom is -0.443 e. The molecule has 3 aromatic rings. The summed E-state index contributed by atoms with van der Waals surface area (Å²) in [5, 5.41) is 7.37. The molecule has 0 saturated carbocycles. The monoisotopic (exact) mass is 615 g/mol. The van der Waals surface area contributed by atoms with E-state index in [1.54, 1.807) is 46.8 Å². The van der Waals surface area contributed by atoms with Crippen molar-refractivity contribution in [1.29, 1.82) is 0 Å². The molecule has 4 heterocycles. The molecule has 2 aliphatic heterocycles. The summed E-state index contributed by atoms with van der Waals surface area (Å²) in [5.74, 6) is 1.69. The minimum atomic E-state index is -0.719. The molecule has 12 nitrogen and oxygen atoms in total. The number of nitrogens with two attached hydrogens (primary N) is 1. The fourth-order valence-electron chi connectivity index (χ4n) is 4.49. The van der Waals surface area contributed by atoms with E-state index in [1.807, 2.05) is 17.8 Å². The quantitative estimate of drug-likeness (QED) is 0.376. The van der Waals surface area contributed by atoms with Crippen LogP contribution in [0, 0.1) is 19.7 Å². The van der Waals surface area contributed by atoms with Gasteiger partial charge in [-0.25, -0.2) is 14.0 Å². The molecule has 2 aromatic heterocycles. The number of carbonyl (C=O) groups is 3. The third-order valence-corrected chi connectivity index (χ3v) is 7.32. The van der Waals surface area contributed by atoms with Crippen LogP contribution in [0.5, 0.6) is 0 Å². The van der Waals surface area contributed by atoms with E-state index in [-0.39, 0.29) is 24.7 Å². The molecule has 1 saturated heterocycles. The highest BCUT2D eigenvalue weighted by atomic mass is 32.2. The lowest BCUT2D eigenvalue weighted by atomic mass is 10.0. The lowest BCUT2D eigenvalue weighted by Gasteiger charge is -2.26. The van der Waals surface area contributed by atoms with Crippen molar-refractivity contribution >= 4 is 46.9 Å². The van der Waals surface area contributed by atoms with Crippen LogP contribution >= 0.6 is 11.8 Å². The molecule has 1 unspecified atom stereocenters. The second-order valence-electron chi connectivity index (χ2n) is 10.8. The number of primary amides is 1. The molecule has 43 heavy (non-hydrogen) atoms. The number of aryl methyl sites for hydroxylation is 2. The number of cyclic esters (lactones) is 1. The van der Waals surface area contributed by atoms with Gasteiger partial charge in [0.1, 0.15) is 35.1 Å².